The molecule has 0 aromatic rings. The highest BCUT2D eigenvalue weighted by atomic mass is 16.6. The number of ether oxygens (including phenoxy) is 3. The summed E-state index contributed by atoms with van der Waals surface area (Å²) in [5.74, 6) is 0.763. The number of hydrogen-bond donors (Lipinski definition) is 0. The van der Waals surface area contributed by atoms with Crippen LogP contribution in [0.4, 0.5) is 0 Å². The summed E-state index contributed by atoms with van der Waals surface area (Å²) in [6, 6.07) is 0. The van der Waals surface area contributed by atoms with Gasteiger partial charge in [-0.2, -0.15) is 0 Å². The van der Waals surface area contributed by atoms with Crippen LogP contribution in [0.3, 0.4) is 0 Å². The van der Waals surface area contributed by atoms with Gasteiger partial charge >= 0.3 is 17.9 Å². The van der Waals surface area contributed by atoms with Crippen molar-refractivity contribution in [2.75, 3.05) is 13.2 Å². The average Bonchev–Trinajstić information content (AvgIpc) is 3.24. The fourth-order valence-corrected chi connectivity index (χ4v) is 8.52. The molecule has 0 aromatic heterocycles. The van der Waals surface area contributed by atoms with Crippen molar-refractivity contribution in [1.82, 2.24) is 0 Å². The molecule has 0 saturated heterocycles. The SMILES string of the molecule is CCCCCCCCCCCCCCCCCCCC(=O)OC[C@@H](COC(=O)CCCCCCCCC(C)C)OC(=O)CCCCCCCCCCCCCCCCCC(C)C. The molecule has 0 N–H and O–H groups in total. The summed E-state index contributed by atoms with van der Waals surface area (Å²) in [4.78, 5) is 38.0. The van der Waals surface area contributed by atoms with E-state index >= 15 is 0 Å². The zero-order valence-corrected chi connectivity index (χ0v) is 42.5. The maximum atomic E-state index is 12.8. The molecule has 368 valence electrons. The Morgan fingerprint density at radius 3 is 0.790 bits per heavy atom. The van der Waals surface area contributed by atoms with Gasteiger partial charge in [0.1, 0.15) is 13.2 Å². The number of rotatable bonds is 50. The second-order valence-electron chi connectivity index (χ2n) is 20.2. The van der Waals surface area contributed by atoms with Crippen LogP contribution in [0.5, 0.6) is 0 Å². The van der Waals surface area contributed by atoms with Gasteiger partial charge in [0.15, 0.2) is 6.10 Å². The Hall–Kier alpha value is -1.59. The van der Waals surface area contributed by atoms with E-state index in [1.54, 1.807) is 0 Å². The summed E-state index contributed by atoms with van der Waals surface area (Å²) in [6.45, 7) is 11.3. The normalized spacial score (nSPS) is 12.0. The summed E-state index contributed by atoms with van der Waals surface area (Å²) in [7, 11) is 0. The van der Waals surface area contributed by atoms with Crippen molar-refractivity contribution in [3.8, 4) is 0 Å². The maximum absolute atomic E-state index is 12.8. The van der Waals surface area contributed by atoms with E-state index in [1.165, 1.54) is 199 Å². The molecule has 0 fully saturated rings. The Labute approximate surface area is 387 Å². The molecule has 6 nitrogen and oxygen atoms in total. The van der Waals surface area contributed by atoms with Crippen LogP contribution in [0, 0.1) is 11.8 Å². The van der Waals surface area contributed by atoms with Crippen molar-refractivity contribution in [2.24, 2.45) is 11.8 Å². The van der Waals surface area contributed by atoms with E-state index in [9.17, 15) is 14.4 Å². The Balaban J connectivity index is 4.23. The lowest BCUT2D eigenvalue weighted by Gasteiger charge is -2.18. The van der Waals surface area contributed by atoms with Gasteiger partial charge in [-0.25, -0.2) is 0 Å². The topological polar surface area (TPSA) is 78.9 Å². The van der Waals surface area contributed by atoms with Gasteiger partial charge in [-0.1, -0.05) is 272 Å². The van der Waals surface area contributed by atoms with E-state index in [4.69, 9.17) is 14.2 Å². The Bertz CT molecular complexity index is 947. The van der Waals surface area contributed by atoms with Gasteiger partial charge in [-0.3, -0.25) is 14.4 Å². The first-order valence-corrected chi connectivity index (χ1v) is 27.7. The fourth-order valence-electron chi connectivity index (χ4n) is 8.52. The van der Waals surface area contributed by atoms with E-state index in [-0.39, 0.29) is 31.1 Å². The van der Waals surface area contributed by atoms with Gasteiger partial charge in [-0.05, 0) is 31.1 Å². The van der Waals surface area contributed by atoms with Crippen molar-refractivity contribution in [3.05, 3.63) is 0 Å². The van der Waals surface area contributed by atoms with Gasteiger partial charge in [0.2, 0.25) is 0 Å². The third kappa shape index (κ3) is 49.4. The van der Waals surface area contributed by atoms with Crippen molar-refractivity contribution >= 4 is 17.9 Å². The number of esters is 3. The molecular weight excluding hydrogens is 769 g/mol. The standard InChI is InChI=1S/C56H108O6/c1-6-7-8-9-10-11-12-13-14-15-18-21-24-27-30-36-41-46-54(57)60-49-53(50-61-55(58)47-42-37-33-32-35-40-45-52(4)5)62-56(59)48-43-38-31-28-25-22-19-16-17-20-23-26-29-34-39-44-51(2)3/h51-53H,6-50H2,1-5H3/t53-/m0/s1. The van der Waals surface area contributed by atoms with Crippen molar-refractivity contribution in [2.45, 2.75) is 317 Å². The van der Waals surface area contributed by atoms with Gasteiger partial charge in [0.25, 0.3) is 0 Å². The number of carbonyl (C=O) groups excluding carboxylic acids is 3. The van der Waals surface area contributed by atoms with Crippen molar-refractivity contribution in [1.29, 1.82) is 0 Å². The number of carbonyl (C=O) groups is 3. The minimum absolute atomic E-state index is 0.0639. The molecule has 0 aliphatic carbocycles. The van der Waals surface area contributed by atoms with Gasteiger partial charge in [0.05, 0.1) is 0 Å². The lowest BCUT2D eigenvalue weighted by molar-refractivity contribution is -0.167. The molecule has 0 spiro atoms. The van der Waals surface area contributed by atoms with Crippen molar-refractivity contribution < 1.29 is 28.6 Å². The molecule has 0 unspecified atom stereocenters. The molecule has 0 amide bonds. The van der Waals surface area contributed by atoms with E-state index in [1.807, 2.05) is 0 Å². The largest absolute Gasteiger partial charge is 0.462 e. The molecule has 0 saturated carbocycles. The third-order valence-corrected chi connectivity index (χ3v) is 12.7. The maximum Gasteiger partial charge on any atom is 0.306 e. The molecule has 0 heterocycles. The zero-order chi connectivity index (χ0) is 45.4. The van der Waals surface area contributed by atoms with E-state index in [0.29, 0.717) is 19.3 Å². The summed E-state index contributed by atoms with van der Waals surface area (Å²) < 4.78 is 16.8. The van der Waals surface area contributed by atoms with Crippen LogP contribution in [0.2, 0.25) is 0 Å². The van der Waals surface area contributed by atoms with Crippen LogP contribution in [-0.4, -0.2) is 37.2 Å². The number of hydrogen-bond acceptors (Lipinski definition) is 6. The second-order valence-corrected chi connectivity index (χ2v) is 20.2. The molecule has 1 atom stereocenters. The first-order valence-electron chi connectivity index (χ1n) is 27.7. The predicted octanol–water partition coefficient (Wildman–Crippen LogP) is 18.1. The molecule has 0 radical (unpaired) electrons. The molecule has 0 aliphatic rings. The molecule has 62 heavy (non-hydrogen) atoms. The van der Waals surface area contributed by atoms with Crippen LogP contribution >= 0.6 is 0 Å². The minimum atomic E-state index is -0.762. The van der Waals surface area contributed by atoms with Gasteiger partial charge in [0, 0.05) is 19.3 Å². The minimum Gasteiger partial charge on any atom is -0.462 e. The quantitative estimate of drug-likeness (QED) is 0.0344. The third-order valence-electron chi connectivity index (χ3n) is 12.7. The lowest BCUT2D eigenvalue weighted by atomic mass is 10.0. The first-order chi connectivity index (χ1) is 30.2. The molecule has 0 bridgehead atoms. The summed E-state index contributed by atoms with van der Waals surface area (Å²) in [5.41, 5.74) is 0. The van der Waals surface area contributed by atoms with Gasteiger partial charge < -0.3 is 14.2 Å². The van der Waals surface area contributed by atoms with Crippen LogP contribution < -0.4 is 0 Å². The second kappa shape index (κ2) is 48.9. The summed E-state index contributed by atoms with van der Waals surface area (Å²) in [6.07, 6.45) is 51.1. The fraction of sp³-hybridized carbons (Fsp3) is 0.946. The summed E-state index contributed by atoms with van der Waals surface area (Å²) >= 11 is 0. The molecule has 6 heteroatoms. The zero-order valence-electron chi connectivity index (χ0n) is 42.5. The van der Waals surface area contributed by atoms with Crippen LogP contribution in [0.25, 0.3) is 0 Å². The van der Waals surface area contributed by atoms with E-state index in [2.05, 4.69) is 34.6 Å². The van der Waals surface area contributed by atoms with Crippen LogP contribution in [0.1, 0.15) is 311 Å². The average molecular weight is 877 g/mol. The molecule has 0 aromatic carbocycles. The van der Waals surface area contributed by atoms with Crippen LogP contribution in [-0.2, 0) is 28.6 Å². The monoisotopic (exact) mass is 877 g/mol. The first kappa shape index (κ1) is 60.4. The van der Waals surface area contributed by atoms with Gasteiger partial charge in [-0.15, -0.1) is 0 Å². The summed E-state index contributed by atoms with van der Waals surface area (Å²) in [5, 5.41) is 0. The van der Waals surface area contributed by atoms with E-state index in [0.717, 1.165) is 69.6 Å². The highest BCUT2D eigenvalue weighted by molar-refractivity contribution is 5.71. The smallest absolute Gasteiger partial charge is 0.306 e. The Morgan fingerprint density at radius 1 is 0.306 bits per heavy atom. The Kier molecular flexibility index (Phi) is 47.6. The highest BCUT2D eigenvalue weighted by Gasteiger charge is 2.19. The predicted molar refractivity (Wildman–Crippen MR) is 266 cm³/mol. The molecule has 0 aliphatic heterocycles. The Morgan fingerprint density at radius 2 is 0.532 bits per heavy atom. The number of unbranched alkanes of at least 4 members (excludes halogenated alkanes) is 35. The lowest BCUT2D eigenvalue weighted by Crippen LogP contribution is -2.30. The molecule has 0 rings (SSSR count). The van der Waals surface area contributed by atoms with Crippen LogP contribution in [0.15, 0.2) is 0 Å². The highest BCUT2D eigenvalue weighted by Crippen LogP contribution is 2.18. The van der Waals surface area contributed by atoms with E-state index < -0.39 is 6.10 Å². The molecular formula is C56H108O6. The van der Waals surface area contributed by atoms with Crippen molar-refractivity contribution in [3.63, 3.8) is 0 Å².